The van der Waals surface area contributed by atoms with Crippen LogP contribution in [-0.4, -0.2) is 9.13 Å². The van der Waals surface area contributed by atoms with Gasteiger partial charge in [0.2, 0.25) is 0 Å². The van der Waals surface area contributed by atoms with Crippen LogP contribution in [-0.2, 0) is 14.1 Å². The molecule has 0 saturated heterocycles. The van der Waals surface area contributed by atoms with Gasteiger partial charge in [0.15, 0.2) is 0 Å². The largest absolute Gasteiger partial charge is 0.344 e. The second kappa shape index (κ2) is 8.34. The first kappa shape index (κ1) is 23.1. The number of aromatic nitrogens is 2. The lowest BCUT2D eigenvalue weighted by Crippen LogP contribution is -1.91. The van der Waals surface area contributed by atoms with Crippen LogP contribution in [0.4, 0.5) is 0 Å². The lowest BCUT2D eigenvalue weighted by atomic mass is 9.94. The van der Waals surface area contributed by atoms with E-state index in [-0.39, 0.29) is 0 Å². The van der Waals surface area contributed by atoms with Crippen LogP contribution >= 0.6 is 0 Å². The first-order chi connectivity index (χ1) is 19.5. The Labute approximate surface area is 233 Å². The van der Waals surface area contributed by atoms with Gasteiger partial charge in [-0.15, -0.1) is 0 Å². The first-order valence-corrected chi connectivity index (χ1v) is 14.0. The minimum absolute atomic E-state index is 1.25. The van der Waals surface area contributed by atoms with Crippen molar-refractivity contribution in [2.75, 3.05) is 0 Å². The van der Waals surface area contributed by atoms with Gasteiger partial charge in [-0.25, -0.2) is 0 Å². The van der Waals surface area contributed by atoms with E-state index in [1.54, 1.807) is 0 Å². The van der Waals surface area contributed by atoms with Crippen molar-refractivity contribution in [3.8, 4) is 22.5 Å². The summed E-state index contributed by atoms with van der Waals surface area (Å²) in [6, 6.07) is 40.9. The molecular formula is C38H30N2. The summed E-state index contributed by atoms with van der Waals surface area (Å²) < 4.78 is 4.64. The Kier molecular flexibility index (Phi) is 4.82. The SMILES string of the molecule is Cc1ccc(-c2cc3c4ccc5c(ccc6c5ccc5c6cc(-c6ccc(C)cc6)n5C)c4ccc3n2C)cc1. The third-order valence-electron chi connectivity index (χ3n) is 8.93. The highest BCUT2D eigenvalue weighted by atomic mass is 14.9. The predicted octanol–water partition coefficient (Wildman–Crippen LogP) is 10.1. The Morgan fingerprint density at radius 1 is 0.350 bits per heavy atom. The van der Waals surface area contributed by atoms with Crippen molar-refractivity contribution in [2.24, 2.45) is 14.1 Å². The average molecular weight is 515 g/mol. The zero-order valence-electron chi connectivity index (χ0n) is 23.3. The predicted molar refractivity (Wildman–Crippen MR) is 172 cm³/mol. The van der Waals surface area contributed by atoms with Gasteiger partial charge in [-0.2, -0.15) is 0 Å². The average Bonchev–Trinajstić information content (AvgIpc) is 3.50. The molecule has 0 unspecified atom stereocenters. The lowest BCUT2D eigenvalue weighted by Gasteiger charge is -2.10. The summed E-state index contributed by atoms with van der Waals surface area (Å²) in [5.74, 6) is 0. The molecule has 0 aliphatic rings. The van der Waals surface area contributed by atoms with Crippen LogP contribution in [0, 0.1) is 13.8 Å². The molecule has 2 heteroatoms. The Hall–Kier alpha value is -4.82. The number of benzene rings is 6. The second-order valence-corrected chi connectivity index (χ2v) is 11.3. The molecule has 0 saturated carbocycles. The molecule has 8 rings (SSSR count). The molecule has 2 aromatic heterocycles. The molecule has 192 valence electrons. The summed E-state index contributed by atoms with van der Waals surface area (Å²) in [6.45, 7) is 4.28. The van der Waals surface area contributed by atoms with Crippen LogP contribution in [0.25, 0.3) is 76.6 Å². The van der Waals surface area contributed by atoms with Crippen molar-refractivity contribution in [1.82, 2.24) is 9.13 Å². The van der Waals surface area contributed by atoms with Gasteiger partial charge in [0.25, 0.3) is 0 Å². The van der Waals surface area contributed by atoms with Crippen molar-refractivity contribution >= 4 is 54.1 Å². The molecule has 0 bridgehead atoms. The van der Waals surface area contributed by atoms with E-state index in [9.17, 15) is 0 Å². The zero-order chi connectivity index (χ0) is 27.1. The molecule has 0 atom stereocenters. The van der Waals surface area contributed by atoms with Gasteiger partial charge in [-0.3, -0.25) is 0 Å². The van der Waals surface area contributed by atoms with Crippen LogP contribution in [0.2, 0.25) is 0 Å². The Morgan fingerprint density at radius 3 is 1.00 bits per heavy atom. The Bertz CT molecular complexity index is 2110. The van der Waals surface area contributed by atoms with Crippen molar-refractivity contribution in [3.63, 3.8) is 0 Å². The monoisotopic (exact) mass is 514 g/mol. The molecular weight excluding hydrogens is 484 g/mol. The number of aryl methyl sites for hydroxylation is 4. The smallest absolute Gasteiger partial charge is 0.0489 e. The molecule has 40 heavy (non-hydrogen) atoms. The third kappa shape index (κ3) is 3.23. The topological polar surface area (TPSA) is 9.86 Å². The number of rotatable bonds is 2. The minimum Gasteiger partial charge on any atom is -0.344 e. The van der Waals surface area contributed by atoms with Crippen molar-refractivity contribution in [2.45, 2.75) is 13.8 Å². The van der Waals surface area contributed by atoms with Gasteiger partial charge in [-0.05, 0) is 81.6 Å². The maximum absolute atomic E-state index is 2.36. The normalized spacial score (nSPS) is 12.0. The number of hydrogen-bond acceptors (Lipinski definition) is 0. The van der Waals surface area contributed by atoms with Crippen molar-refractivity contribution < 1.29 is 0 Å². The molecule has 0 aliphatic heterocycles. The van der Waals surface area contributed by atoms with Gasteiger partial charge < -0.3 is 9.13 Å². The van der Waals surface area contributed by atoms with Gasteiger partial charge in [0, 0.05) is 47.3 Å². The lowest BCUT2D eigenvalue weighted by molar-refractivity contribution is 0.978. The fourth-order valence-corrected chi connectivity index (χ4v) is 6.68. The zero-order valence-corrected chi connectivity index (χ0v) is 23.3. The standard InChI is InChI=1S/C38H30N2/c1-23-5-9-25(10-6-23)37-21-33-31-15-13-28-27(29(31)17-19-35(33)39(37)3)14-16-32-30(28)18-20-36-34(32)22-38(40(36)4)26-11-7-24(2)8-12-26/h5-22H,1-4H3. The van der Waals surface area contributed by atoms with E-state index in [1.807, 2.05) is 0 Å². The summed E-state index contributed by atoms with van der Waals surface area (Å²) >= 11 is 0. The van der Waals surface area contributed by atoms with E-state index in [0.717, 1.165) is 0 Å². The summed E-state index contributed by atoms with van der Waals surface area (Å²) in [5.41, 5.74) is 10.1. The molecule has 8 aromatic rings. The third-order valence-corrected chi connectivity index (χ3v) is 8.93. The van der Waals surface area contributed by atoms with Gasteiger partial charge in [0.05, 0.1) is 0 Å². The fourth-order valence-electron chi connectivity index (χ4n) is 6.68. The first-order valence-electron chi connectivity index (χ1n) is 14.0. The quantitative estimate of drug-likeness (QED) is 0.203. The van der Waals surface area contributed by atoms with E-state index in [4.69, 9.17) is 0 Å². The molecule has 0 N–H and O–H groups in total. The highest BCUT2D eigenvalue weighted by molar-refractivity contribution is 6.25. The molecule has 0 spiro atoms. The van der Waals surface area contributed by atoms with Crippen LogP contribution in [0.1, 0.15) is 11.1 Å². The van der Waals surface area contributed by atoms with Crippen LogP contribution in [0.15, 0.2) is 109 Å². The Balaban J connectivity index is 1.35. The van der Waals surface area contributed by atoms with Gasteiger partial charge in [0.1, 0.15) is 0 Å². The van der Waals surface area contributed by atoms with Crippen molar-refractivity contribution in [3.05, 3.63) is 120 Å². The molecule has 0 amide bonds. The maximum Gasteiger partial charge on any atom is 0.0489 e. The fraction of sp³-hybridized carbons (Fsp3) is 0.105. The van der Waals surface area contributed by atoms with Crippen molar-refractivity contribution in [1.29, 1.82) is 0 Å². The number of hydrogen-bond donors (Lipinski definition) is 0. The molecule has 6 aromatic carbocycles. The highest BCUT2D eigenvalue weighted by Crippen LogP contribution is 2.40. The second-order valence-electron chi connectivity index (χ2n) is 11.3. The summed E-state index contributed by atoms with van der Waals surface area (Å²) in [5, 5.41) is 10.4. The van der Waals surface area contributed by atoms with Crippen LogP contribution < -0.4 is 0 Å². The van der Waals surface area contributed by atoms with E-state index >= 15 is 0 Å². The van der Waals surface area contributed by atoms with E-state index in [1.165, 1.54) is 87.8 Å². The Morgan fingerprint density at radius 2 is 0.650 bits per heavy atom. The minimum atomic E-state index is 1.25. The summed E-state index contributed by atoms with van der Waals surface area (Å²) in [4.78, 5) is 0. The van der Waals surface area contributed by atoms with Gasteiger partial charge in [-0.1, -0.05) is 96.1 Å². The van der Waals surface area contributed by atoms with Crippen LogP contribution in [0.3, 0.4) is 0 Å². The molecule has 0 fully saturated rings. The number of nitrogens with zero attached hydrogens (tertiary/aromatic N) is 2. The summed E-state index contributed by atoms with van der Waals surface area (Å²) in [7, 11) is 4.35. The van der Waals surface area contributed by atoms with E-state index in [2.05, 4.69) is 146 Å². The maximum atomic E-state index is 2.36. The van der Waals surface area contributed by atoms with E-state index < -0.39 is 0 Å². The van der Waals surface area contributed by atoms with Gasteiger partial charge >= 0.3 is 0 Å². The van der Waals surface area contributed by atoms with Crippen LogP contribution in [0.5, 0.6) is 0 Å². The molecule has 2 heterocycles. The molecule has 0 aliphatic carbocycles. The van der Waals surface area contributed by atoms with E-state index in [0.29, 0.717) is 0 Å². The molecule has 2 nitrogen and oxygen atoms in total. The summed E-state index contributed by atoms with van der Waals surface area (Å²) in [6.07, 6.45) is 0. The number of fused-ring (bicyclic) bond motifs is 9. The highest BCUT2D eigenvalue weighted by Gasteiger charge is 2.15. The molecule has 0 radical (unpaired) electrons.